The van der Waals surface area contributed by atoms with E-state index in [2.05, 4.69) is 31.9 Å². The second-order valence-corrected chi connectivity index (χ2v) is 9.44. The first kappa shape index (κ1) is 22.2. The minimum Gasteiger partial charge on any atom is -0.508 e. The first-order chi connectivity index (χ1) is 16.2. The monoisotopic (exact) mass is 584 g/mol. The van der Waals surface area contributed by atoms with Gasteiger partial charge in [0.15, 0.2) is 0 Å². The summed E-state index contributed by atoms with van der Waals surface area (Å²) in [5, 5.41) is 32.6. The van der Waals surface area contributed by atoms with Gasteiger partial charge in [0.05, 0.1) is 27.8 Å². The summed E-state index contributed by atoms with van der Waals surface area (Å²) in [5.41, 5.74) is -1.65. The molecule has 0 unspecified atom stereocenters. The number of benzene rings is 3. The van der Waals surface area contributed by atoms with Crippen molar-refractivity contribution in [3.05, 3.63) is 107 Å². The summed E-state index contributed by atoms with van der Waals surface area (Å²) >= 11 is 6.67. The van der Waals surface area contributed by atoms with E-state index in [0.717, 1.165) is 0 Å². The third kappa shape index (κ3) is 3.66. The molecule has 0 aliphatic heterocycles. The molecular formula is C25H14Br2O7. The summed E-state index contributed by atoms with van der Waals surface area (Å²) < 4.78 is 12.2. The zero-order valence-corrected chi connectivity index (χ0v) is 20.3. The van der Waals surface area contributed by atoms with E-state index >= 15 is 0 Å². The fourth-order valence-corrected chi connectivity index (χ4v) is 4.72. The zero-order chi connectivity index (χ0) is 24.1. The predicted octanol–water partition coefficient (Wildman–Crippen LogP) is 5.72. The van der Waals surface area contributed by atoms with Crippen LogP contribution in [0.25, 0.3) is 21.9 Å². The fourth-order valence-electron chi connectivity index (χ4n) is 4.00. The number of aromatic hydroxyl groups is 3. The number of fused-ring (bicyclic) bond motifs is 2. The molecule has 0 atom stereocenters. The molecule has 0 saturated carbocycles. The Morgan fingerprint density at radius 2 is 1.09 bits per heavy atom. The van der Waals surface area contributed by atoms with Crippen LogP contribution in [-0.4, -0.2) is 15.3 Å². The molecular weight excluding hydrogens is 572 g/mol. The largest absolute Gasteiger partial charge is 0.508 e. The Labute approximate surface area is 207 Å². The lowest BCUT2D eigenvalue weighted by molar-refractivity contribution is 0.441. The van der Waals surface area contributed by atoms with E-state index in [1.54, 1.807) is 24.3 Å². The molecule has 0 bridgehead atoms. The van der Waals surface area contributed by atoms with Crippen LogP contribution in [0.2, 0.25) is 0 Å². The van der Waals surface area contributed by atoms with Crippen molar-refractivity contribution in [1.82, 2.24) is 0 Å². The van der Waals surface area contributed by atoms with Crippen molar-refractivity contribution < 1.29 is 24.2 Å². The molecule has 2 aromatic heterocycles. The zero-order valence-electron chi connectivity index (χ0n) is 17.1. The van der Waals surface area contributed by atoms with Crippen LogP contribution in [0.15, 0.2) is 88.0 Å². The maximum Gasteiger partial charge on any atom is 0.344 e. The Hall–Kier alpha value is -3.56. The molecule has 0 amide bonds. The smallest absolute Gasteiger partial charge is 0.344 e. The van der Waals surface area contributed by atoms with Gasteiger partial charge in [-0.15, -0.1) is 0 Å². The summed E-state index contributed by atoms with van der Waals surface area (Å²) in [5.74, 6) is -2.11. The van der Waals surface area contributed by atoms with E-state index < -0.39 is 28.7 Å². The summed E-state index contributed by atoms with van der Waals surface area (Å²) in [6, 6.07) is 15.2. The van der Waals surface area contributed by atoms with Gasteiger partial charge in [0.2, 0.25) is 0 Å². The molecule has 7 nitrogen and oxygen atoms in total. The molecule has 2 heterocycles. The van der Waals surface area contributed by atoms with Crippen molar-refractivity contribution in [3.63, 3.8) is 0 Å². The second kappa shape index (κ2) is 8.34. The Balaban J connectivity index is 1.91. The Morgan fingerprint density at radius 3 is 1.53 bits per heavy atom. The third-order valence-electron chi connectivity index (χ3n) is 5.55. The molecule has 0 aliphatic carbocycles. The molecule has 5 rings (SSSR count). The van der Waals surface area contributed by atoms with E-state index in [0.29, 0.717) is 14.5 Å². The number of hydrogen-bond acceptors (Lipinski definition) is 7. The maximum atomic E-state index is 13.1. The topological polar surface area (TPSA) is 121 Å². The summed E-state index contributed by atoms with van der Waals surface area (Å²) in [6.07, 6.45) is 0. The van der Waals surface area contributed by atoms with Crippen molar-refractivity contribution in [2.24, 2.45) is 0 Å². The second-order valence-electron chi connectivity index (χ2n) is 7.61. The summed E-state index contributed by atoms with van der Waals surface area (Å²) in [7, 11) is 0. The minimum atomic E-state index is -1.26. The van der Waals surface area contributed by atoms with Crippen molar-refractivity contribution in [2.75, 3.05) is 0 Å². The quantitative estimate of drug-likeness (QED) is 0.231. The van der Waals surface area contributed by atoms with Crippen LogP contribution in [0.4, 0.5) is 0 Å². The van der Waals surface area contributed by atoms with Crippen molar-refractivity contribution in [1.29, 1.82) is 0 Å². The number of halogens is 2. The highest BCUT2D eigenvalue weighted by atomic mass is 79.9. The van der Waals surface area contributed by atoms with Crippen molar-refractivity contribution >= 4 is 53.8 Å². The third-order valence-corrected chi connectivity index (χ3v) is 6.54. The lowest BCUT2D eigenvalue weighted by Gasteiger charge is -2.20. The highest BCUT2D eigenvalue weighted by molar-refractivity contribution is 9.10. The number of phenolic OH excluding ortho intramolecular Hbond substituents is 1. The molecule has 3 N–H and O–H groups in total. The number of hydrogen-bond donors (Lipinski definition) is 3. The minimum absolute atomic E-state index is 0.0418. The van der Waals surface area contributed by atoms with E-state index in [-0.39, 0.29) is 38.8 Å². The molecule has 0 radical (unpaired) electrons. The highest BCUT2D eigenvalue weighted by Crippen LogP contribution is 2.42. The molecule has 0 fully saturated rings. The van der Waals surface area contributed by atoms with Gasteiger partial charge in [0, 0.05) is 8.95 Å². The number of phenols is 1. The molecule has 34 heavy (non-hydrogen) atoms. The molecule has 0 aliphatic rings. The van der Waals surface area contributed by atoms with Crippen LogP contribution >= 0.6 is 31.9 Å². The Bertz CT molecular complexity index is 1600. The Morgan fingerprint density at radius 1 is 0.647 bits per heavy atom. The average molecular weight is 586 g/mol. The van der Waals surface area contributed by atoms with Crippen LogP contribution in [0.5, 0.6) is 17.2 Å². The van der Waals surface area contributed by atoms with Crippen LogP contribution in [-0.2, 0) is 0 Å². The summed E-state index contributed by atoms with van der Waals surface area (Å²) in [4.78, 5) is 26.2. The highest BCUT2D eigenvalue weighted by Gasteiger charge is 2.32. The van der Waals surface area contributed by atoms with Gasteiger partial charge >= 0.3 is 11.3 Å². The first-order valence-electron chi connectivity index (χ1n) is 9.94. The van der Waals surface area contributed by atoms with Gasteiger partial charge < -0.3 is 24.2 Å². The van der Waals surface area contributed by atoms with Gasteiger partial charge in [-0.1, -0.05) is 44.0 Å². The van der Waals surface area contributed by atoms with Gasteiger partial charge in [0.25, 0.3) is 0 Å². The standard InChI is InChI=1S/C25H14Br2O7/c26-12-3-7-17-15(9-12)22(29)20(24(31)33-17)19(11-1-5-14(28)6-2-11)21-23(30)16-10-13(27)4-8-18(16)34-25(21)32/h1-10,19,28-30H. The van der Waals surface area contributed by atoms with Crippen LogP contribution in [0, 0.1) is 0 Å². The molecule has 0 saturated heterocycles. The average Bonchev–Trinajstić information content (AvgIpc) is 2.80. The van der Waals surface area contributed by atoms with Crippen LogP contribution < -0.4 is 11.3 Å². The van der Waals surface area contributed by atoms with Crippen LogP contribution in [0.1, 0.15) is 22.6 Å². The van der Waals surface area contributed by atoms with E-state index in [9.17, 15) is 24.9 Å². The molecule has 3 aromatic carbocycles. The lowest BCUT2D eigenvalue weighted by atomic mass is 9.84. The van der Waals surface area contributed by atoms with Gasteiger partial charge in [-0.3, -0.25) is 0 Å². The maximum absolute atomic E-state index is 13.1. The van der Waals surface area contributed by atoms with Crippen LogP contribution in [0.3, 0.4) is 0 Å². The summed E-state index contributed by atoms with van der Waals surface area (Å²) in [6.45, 7) is 0. The first-order valence-corrected chi connectivity index (χ1v) is 11.5. The van der Waals surface area contributed by atoms with Crippen molar-refractivity contribution in [3.8, 4) is 17.2 Å². The molecule has 9 heteroatoms. The van der Waals surface area contributed by atoms with Gasteiger partial charge in [0.1, 0.15) is 28.4 Å². The van der Waals surface area contributed by atoms with Gasteiger partial charge in [-0.05, 0) is 54.1 Å². The van der Waals surface area contributed by atoms with Gasteiger partial charge in [-0.2, -0.15) is 0 Å². The van der Waals surface area contributed by atoms with E-state index in [4.69, 9.17) is 8.83 Å². The predicted molar refractivity (Wildman–Crippen MR) is 133 cm³/mol. The van der Waals surface area contributed by atoms with Gasteiger partial charge in [-0.25, -0.2) is 9.59 Å². The van der Waals surface area contributed by atoms with E-state index in [1.807, 2.05) is 0 Å². The lowest BCUT2D eigenvalue weighted by Crippen LogP contribution is -2.21. The SMILES string of the molecule is O=c1oc2ccc(Br)cc2c(O)c1C(c1ccc(O)cc1)c1c(O)c2cc(Br)ccc2oc1=O. The van der Waals surface area contributed by atoms with Crippen molar-refractivity contribution in [2.45, 2.75) is 5.92 Å². The molecule has 0 spiro atoms. The fraction of sp³-hybridized carbons (Fsp3) is 0.0400. The molecule has 5 aromatic rings. The normalized spacial score (nSPS) is 11.5. The molecule has 170 valence electrons. The number of rotatable bonds is 3. The Kier molecular flexibility index (Phi) is 5.45. The van der Waals surface area contributed by atoms with E-state index in [1.165, 1.54) is 36.4 Å².